The fourth-order valence-corrected chi connectivity index (χ4v) is 4.47. The molecule has 0 saturated carbocycles. The van der Waals surface area contributed by atoms with Crippen molar-refractivity contribution in [2.45, 2.75) is 4.90 Å². The van der Waals surface area contributed by atoms with Crippen molar-refractivity contribution in [3.05, 3.63) is 39.2 Å². The molecule has 0 amide bonds. The topological polar surface area (TPSA) is 159 Å². The lowest BCUT2D eigenvalue weighted by Crippen LogP contribution is -2.18. The Morgan fingerprint density at radius 3 is 2.64 bits per heavy atom. The summed E-state index contributed by atoms with van der Waals surface area (Å²) in [6.45, 7) is 0. The molecule has 2 heterocycles. The minimum absolute atomic E-state index is 0.0970. The minimum Gasteiger partial charge on any atom is -0.505 e. The molecule has 3 aromatic rings. The largest absolute Gasteiger partial charge is 0.505 e. The van der Waals surface area contributed by atoms with Gasteiger partial charge in [-0.15, -0.1) is 9.19 Å². The van der Waals surface area contributed by atoms with E-state index < -0.39 is 15.8 Å². The lowest BCUT2D eigenvalue weighted by molar-refractivity contribution is 0.476. The van der Waals surface area contributed by atoms with E-state index in [1.54, 1.807) is 34.7 Å². The molecule has 0 atom stereocenters. The number of phenols is 1. The molecule has 0 unspecified atom stereocenters. The first-order valence-corrected chi connectivity index (χ1v) is 9.05. The predicted molar refractivity (Wildman–Crippen MR) is 94.8 cm³/mol. The maximum atomic E-state index is 13.0. The van der Waals surface area contributed by atoms with Crippen LogP contribution in [-0.2, 0) is 10.0 Å². The van der Waals surface area contributed by atoms with Crippen LogP contribution < -0.4 is 5.73 Å². The molecule has 25 heavy (non-hydrogen) atoms. The van der Waals surface area contributed by atoms with Gasteiger partial charge in [-0.25, -0.2) is 0 Å². The Hall–Kier alpha value is -2.90. The molecule has 3 N–H and O–H groups in total. The van der Waals surface area contributed by atoms with Gasteiger partial charge in [-0.1, -0.05) is 0 Å². The number of hydrogen-bond acceptors (Lipinski definition) is 8. The highest BCUT2D eigenvalue weighted by Crippen LogP contribution is 2.34. The Balaban J connectivity index is 2.40. The summed E-state index contributed by atoms with van der Waals surface area (Å²) in [6, 6.07) is 7.54. The highest BCUT2D eigenvalue weighted by Gasteiger charge is 2.29. The molecule has 0 bridgehead atoms. The van der Waals surface area contributed by atoms with Crippen LogP contribution in [0.25, 0.3) is 10.9 Å². The van der Waals surface area contributed by atoms with Crippen LogP contribution in [0.1, 0.15) is 11.3 Å². The number of nitriles is 2. The number of pyridine rings is 1. The normalized spacial score (nSPS) is 11.2. The summed E-state index contributed by atoms with van der Waals surface area (Å²) < 4.78 is 26.7. The third-order valence-corrected chi connectivity index (χ3v) is 5.84. The van der Waals surface area contributed by atoms with Gasteiger partial charge in [0, 0.05) is 11.6 Å². The van der Waals surface area contributed by atoms with Gasteiger partial charge in [-0.2, -0.15) is 18.9 Å². The Kier molecular flexibility index (Phi) is 3.98. The van der Waals surface area contributed by atoms with Crippen LogP contribution in [0.2, 0.25) is 0 Å². The summed E-state index contributed by atoms with van der Waals surface area (Å²) in [6.07, 6.45) is 1.42. The van der Waals surface area contributed by atoms with Gasteiger partial charge in [0.2, 0.25) is 0 Å². The fourth-order valence-electron chi connectivity index (χ4n) is 2.26. The van der Waals surface area contributed by atoms with Crippen molar-refractivity contribution in [3.63, 3.8) is 0 Å². The van der Waals surface area contributed by atoms with E-state index in [1.807, 2.05) is 0 Å². The van der Waals surface area contributed by atoms with Crippen molar-refractivity contribution < 1.29 is 13.5 Å². The molecular weight excluding hydrogens is 459 g/mol. The van der Waals surface area contributed by atoms with Gasteiger partial charge in [0.1, 0.15) is 28.1 Å². The van der Waals surface area contributed by atoms with E-state index in [1.165, 1.54) is 24.4 Å². The number of anilines is 1. The molecule has 0 spiro atoms. The number of nitrogen functional groups attached to an aromatic ring is 1. The molecule has 2 aromatic heterocycles. The summed E-state index contributed by atoms with van der Waals surface area (Å²) in [5.41, 5.74) is 5.10. The zero-order valence-electron chi connectivity index (χ0n) is 12.2. The van der Waals surface area contributed by atoms with E-state index in [4.69, 9.17) is 16.3 Å². The highest BCUT2D eigenvalue weighted by atomic mass is 127. The van der Waals surface area contributed by atoms with E-state index in [-0.39, 0.29) is 36.4 Å². The van der Waals surface area contributed by atoms with Gasteiger partial charge in [-0.05, 0) is 40.8 Å². The van der Waals surface area contributed by atoms with Gasteiger partial charge in [0.15, 0.2) is 17.3 Å². The molecular formula is C14H7IN6O3S. The second-order valence-electron chi connectivity index (χ2n) is 4.79. The summed E-state index contributed by atoms with van der Waals surface area (Å²) in [5.74, 6) is -0.613. The van der Waals surface area contributed by atoms with Gasteiger partial charge >= 0.3 is 0 Å². The number of fused-ring (bicyclic) bond motifs is 1. The zero-order chi connectivity index (χ0) is 18.4. The van der Waals surface area contributed by atoms with Crippen LogP contribution >= 0.6 is 22.6 Å². The molecule has 1 aromatic carbocycles. The van der Waals surface area contributed by atoms with E-state index in [0.29, 0.717) is 4.09 Å². The average Bonchev–Trinajstić information content (AvgIpc) is 2.94. The van der Waals surface area contributed by atoms with Crippen LogP contribution in [0.15, 0.2) is 29.3 Å². The third kappa shape index (κ3) is 2.45. The second kappa shape index (κ2) is 5.87. The van der Waals surface area contributed by atoms with E-state index in [9.17, 15) is 13.5 Å². The maximum absolute atomic E-state index is 13.0. The summed E-state index contributed by atoms with van der Waals surface area (Å²) >= 11 is 1.77. The third-order valence-electron chi connectivity index (χ3n) is 3.39. The number of hydrogen-bond donors (Lipinski definition) is 2. The van der Waals surface area contributed by atoms with Crippen LogP contribution in [0.5, 0.6) is 5.75 Å². The second-order valence-corrected chi connectivity index (χ2v) is 7.68. The number of phenolic OH excluding ortho intramolecular Hbond substituents is 1. The summed E-state index contributed by atoms with van der Waals surface area (Å²) in [4.78, 5) is 3.79. The average molecular weight is 466 g/mol. The predicted octanol–water partition coefficient (Wildman–Crippen LogP) is 1.30. The molecule has 0 saturated heterocycles. The van der Waals surface area contributed by atoms with Gasteiger partial charge in [0.25, 0.3) is 10.0 Å². The molecule has 0 aliphatic carbocycles. The Labute approximate surface area is 155 Å². The lowest BCUT2D eigenvalue weighted by Gasteiger charge is -2.11. The van der Waals surface area contributed by atoms with Crippen molar-refractivity contribution in [2.24, 2.45) is 0 Å². The van der Waals surface area contributed by atoms with Crippen molar-refractivity contribution in [3.8, 4) is 17.9 Å². The summed E-state index contributed by atoms with van der Waals surface area (Å²) in [5, 5.41) is 32.0. The van der Waals surface area contributed by atoms with Crippen LogP contribution in [0.3, 0.4) is 0 Å². The number of nitrogens with zero attached hydrogens (tertiary/aromatic N) is 5. The Bertz CT molecular complexity index is 1220. The van der Waals surface area contributed by atoms with Crippen LogP contribution in [-0.4, -0.2) is 27.7 Å². The number of aromatic nitrogens is 3. The summed E-state index contributed by atoms with van der Waals surface area (Å²) in [7, 11) is -4.33. The van der Waals surface area contributed by atoms with E-state index in [0.717, 1.165) is 0 Å². The van der Waals surface area contributed by atoms with Gasteiger partial charge in [-0.3, -0.25) is 4.98 Å². The van der Waals surface area contributed by atoms with Crippen molar-refractivity contribution in [2.75, 3.05) is 5.73 Å². The number of rotatable bonds is 2. The molecule has 0 radical (unpaired) electrons. The number of aromatic hydroxyl groups is 1. The number of halogens is 1. The van der Waals surface area contributed by atoms with Crippen molar-refractivity contribution >= 4 is 49.3 Å². The maximum Gasteiger partial charge on any atom is 0.285 e. The monoisotopic (exact) mass is 466 g/mol. The molecule has 0 aliphatic rings. The van der Waals surface area contributed by atoms with Gasteiger partial charge in [0.05, 0.1) is 3.57 Å². The Morgan fingerprint density at radius 2 is 2.04 bits per heavy atom. The lowest BCUT2D eigenvalue weighted by atomic mass is 10.2. The number of nitrogens with two attached hydrogens (primary N) is 1. The molecule has 3 rings (SSSR count). The number of benzene rings is 1. The molecule has 9 nitrogen and oxygen atoms in total. The minimum atomic E-state index is -4.33. The van der Waals surface area contributed by atoms with Crippen molar-refractivity contribution in [1.29, 1.82) is 10.5 Å². The van der Waals surface area contributed by atoms with E-state index >= 15 is 0 Å². The fraction of sp³-hybridized carbons (Fsp3) is 0. The first kappa shape index (κ1) is 16.9. The van der Waals surface area contributed by atoms with Crippen molar-refractivity contribution in [1.82, 2.24) is 14.2 Å². The first-order chi connectivity index (χ1) is 11.8. The standard InChI is InChI=1S/C14H7IN6O3S/c15-9-4-11(7-2-1-3-19-12(7)13(9)22)25(23,24)21-14(18)8(5-16)10(6-17)20-21/h1-4,22H,18H2. The van der Waals surface area contributed by atoms with Crippen LogP contribution in [0, 0.1) is 26.2 Å². The Morgan fingerprint density at radius 1 is 1.32 bits per heavy atom. The SMILES string of the molecule is N#Cc1nn(S(=O)(=O)c2cc(I)c(O)c3ncccc23)c(N)c1C#N. The van der Waals surface area contributed by atoms with Crippen LogP contribution in [0.4, 0.5) is 5.82 Å². The van der Waals surface area contributed by atoms with E-state index in [2.05, 4.69) is 10.1 Å². The van der Waals surface area contributed by atoms with Gasteiger partial charge < -0.3 is 10.8 Å². The molecule has 0 aliphatic heterocycles. The molecule has 124 valence electrons. The smallest absolute Gasteiger partial charge is 0.285 e. The highest BCUT2D eigenvalue weighted by molar-refractivity contribution is 14.1. The quantitative estimate of drug-likeness (QED) is 0.535. The molecule has 0 fully saturated rings. The molecule has 11 heteroatoms. The zero-order valence-corrected chi connectivity index (χ0v) is 15.1. The first-order valence-electron chi connectivity index (χ1n) is 6.53.